The molecule has 2 aromatic carbocycles. The Morgan fingerprint density at radius 2 is 1.90 bits per heavy atom. The lowest BCUT2D eigenvalue weighted by Crippen LogP contribution is -2.18. The summed E-state index contributed by atoms with van der Waals surface area (Å²) in [6.45, 7) is 3.75. The molecule has 2 aromatic rings. The van der Waals surface area contributed by atoms with Crippen LogP contribution in [0.3, 0.4) is 0 Å². The maximum Gasteiger partial charge on any atom is 0.349 e. The molecular formula is C17H17ClO3. The van der Waals surface area contributed by atoms with Gasteiger partial charge in [0, 0.05) is 5.02 Å². The van der Waals surface area contributed by atoms with Gasteiger partial charge in [-0.15, -0.1) is 0 Å². The summed E-state index contributed by atoms with van der Waals surface area (Å²) in [5, 5.41) is 0.612. The number of para-hydroxylation sites is 1. The highest BCUT2D eigenvalue weighted by atomic mass is 35.5. The number of benzene rings is 2. The third kappa shape index (κ3) is 4.23. The molecule has 0 atom stereocenters. The van der Waals surface area contributed by atoms with Crippen molar-refractivity contribution in [3.8, 4) is 11.5 Å². The average molecular weight is 305 g/mol. The third-order valence-electron chi connectivity index (χ3n) is 3.06. The van der Waals surface area contributed by atoms with Gasteiger partial charge in [0.2, 0.25) is 0 Å². The maximum atomic E-state index is 11.8. The first-order valence-corrected chi connectivity index (χ1v) is 7.15. The van der Waals surface area contributed by atoms with Gasteiger partial charge in [-0.2, -0.15) is 0 Å². The van der Waals surface area contributed by atoms with Crippen LogP contribution in [0, 0.1) is 6.92 Å². The third-order valence-corrected chi connectivity index (χ3v) is 3.29. The Morgan fingerprint density at radius 1 is 1.14 bits per heavy atom. The zero-order valence-corrected chi connectivity index (χ0v) is 12.8. The van der Waals surface area contributed by atoms with E-state index >= 15 is 0 Å². The Kier molecular flexibility index (Phi) is 5.23. The highest BCUT2D eigenvalue weighted by Crippen LogP contribution is 2.22. The molecule has 0 bridgehead atoms. The van der Waals surface area contributed by atoms with Gasteiger partial charge in [-0.3, -0.25) is 0 Å². The SMILES string of the molecule is CCc1ccccc1OCC(=O)Oc1ccc(Cl)cc1C. The highest BCUT2D eigenvalue weighted by Gasteiger charge is 2.10. The van der Waals surface area contributed by atoms with E-state index in [-0.39, 0.29) is 6.61 Å². The molecule has 110 valence electrons. The van der Waals surface area contributed by atoms with E-state index in [9.17, 15) is 4.79 Å². The minimum Gasteiger partial charge on any atom is -0.482 e. The van der Waals surface area contributed by atoms with Gasteiger partial charge >= 0.3 is 5.97 Å². The molecule has 0 aliphatic rings. The number of carbonyl (C=O) groups is 1. The van der Waals surface area contributed by atoms with Crippen molar-refractivity contribution in [1.29, 1.82) is 0 Å². The molecule has 0 aromatic heterocycles. The van der Waals surface area contributed by atoms with Crippen molar-refractivity contribution >= 4 is 17.6 Å². The number of esters is 1. The summed E-state index contributed by atoms with van der Waals surface area (Å²) in [7, 11) is 0. The van der Waals surface area contributed by atoms with Gasteiger partial charge in [-0.05, 0) is 48.7 Å². The summed E-state index contributed by atoms with van der Waals surface area (Å²) in [5.74, 6) is 0.771. The topological polar surface area (TPSA) is 35.5 Å². The first-order valence-electron chi connectivity index (χ1n) is 6.77. The molecule has 0 unspecified atom stereocenters. The molecule has 21 heavy (non-hydrogen) atoms. The van der Waals surface area contributed by atoms with Gasteiger partial charge < -0.3 is 9.47 Å². The molecule has 2 rings (SSSR count). The second-order valence-corrected chi connectivity index (χ2v) is 5.07. The highest BCUT2D eigenvalue weighted by molar-refractivity contribution is 6.30. The summed E-state index contributed by atoms with van der Waals surface area (Å²) in [6, 6.07) is 12.8. The summed E-state index contributed by atoms with van der Waals surface area (Å²) >= 11 is 5.86. The number of hydrogen-bond acceptors (Lipinski definition) is 3. The van der Waals surface area contributed by atoms with E-state index in [1.165, 1.54) is 0 Å². The zero-order chi connectivity index (χ0) is 15.2. The second-order valence-electron chi connectivity index (χ2n) is 4.63. The maximum absolute atomic E-state index is 11.8. The zero-order valence-electron chi connectivity index (χ0n) is 12.1. The molecule has 0 heterocycles. The second kappa shape index (κ2) is 7.14. The fourth-order valence-electron chi connectivity index (χ4n) is 1.95. The number of ether oxygens (including phenoxy) is 2. The molecule has 0 radical (unpaired) electrons. The smallest absolute Gasteiger partial charge is 0.349 e. The van der Waals surface area contributed by atoms with Crippen LogP contribution in [0.5, 0.6) is 11.5 Å². The minimum atomic E-state index is -0.439. The molecule has 0 aliphatic heterocycles. The largest absolute Gasteiger partial charge is 0.482 e. The Labute approximate surface area is 129 Å². The van der Waals surface area contributed by atoms with E-state index < -0.39 is 5.97 Å². The van der Waals surface area contributed by atoms with Gasteiger partial charge in [0.25, 0.3) is 0 Å². The van der Waals surface area contributed by atoms with Crippen molar-refractivity contribution < 1.29 is 14.3 Å². The van der Waals surface area contributed by atoms with Crippen molar-refractivity contribution in [2.24, 2.45) is 0 Å². The molecule has 0 N–H and O–H groups in total. The fourth-order valence-corrected chi connectivity index (χ4v) is 2.18. The quantitative estimate of drug-likeness (QED) is 0.613. The Balaban J connectivity index is 1.96. The normalized spacial score (nSPS) is 10.2. The van der Waals surface area contributed by atoms with Crippen LogP contribution in [-0.2, 0) is 11.2 Å². The predicted octanol–water partition coefficient (Wildman–Crippen LogP) is 4.20. The fraction of sp³-hybridized carbons (Fsp3) is 0.235. The Morgan fingerprint density at radius 3 is 2.62 bits per heavy atom. The van der Waals surface area contributed by atoms with Crippen LogP contribution in [-0.4, -0.2) is 12.6 Å². The summed E-state index contributed by atoms with van der Waals surface area (Å²) in [5.41, 5.74) is 1.87. The summed E-state index contributed by atoms with van der Waals surface area (Å²) < 4.78 is 10.8. The minimum absolute atomic E-state index is 0.126. The molecule has 3 nitrogen and oxygen atoms in total. The standard InChI is InChI=1S/C17H17ClO3/c1-3-13-6-4-5-7-16(13)20-11-17(19)21-15-9-8-14(18)10-12(15)2/h4-10H,3,11H2,1-2H3. The van der Waals surface area contributed by atoms with Gasteiger partial charge in [0.1, 0.15) is 11.5 Å². The van der Waals surface area contributed by atoms with E-state index in [4.69, 9.17) is 21.1 Å². The van der Waals surface area contributed by atoms with E-state index in [1.54, 1.807) is 18.2 Å². The van der Waals surface area contributed by atoms with Crippen LogP contribution < -0.4 is 9.47 Å². The van der Waals surface area contributed by atoms with Gasteiger partial charge in [0.05, 0.1) is 0 Å². The van der Waals surface area contributed by atoms with Crippen molar-refractivity contribution in [3.05, 3.63) is 58.6 Å². The van der Waals surface area contributed by atoms with Crippen LogP contribution in [0.25, 0.3) is 0 Å². The molecule has 0 aliphatic carbocycles. The lowest BCUT2D eigenvalue weighted by atomic mass is 10.1. The number of carbonyl (C=O) groups excluding carboxylic acids is 1. The lowest BCUT2D eigenvalue weighted by Gasteiger charge is -2.11. The number of hydrogen-bond donors (Lipinski definition) is 0. The number of rotatable bonds is 5. The van der Waals surface area contributed by atoms with Gasteiger partial charge in [0.15, 0.2) is 6.61 Å². The molecular weight excluding hydrogens is 288 g/mol. The lowest BCUT2D eigenvalue weighted by molar-refractivity contribution is -0.136. The Bertz CT molecular complexity index is 638. The van der Waals surface area contributed by atoms with Crippen LogP contribution in [0.1, 0.15) is 18.1 Å². The van der Waals surface area contributed by atoms with Crippen LogP contribution in [0.2, 0.25) is 5.02 Å². The van der Waals surface area contributed by atoms with Crippen LogP contribution >= 0.6 is 11.6 Å². The molecule has 0 saturated heterocycles. The summed E-state index contributed by atoms with van der Waals surface area (Å²) in [4.78, 5) is 11.8. The number of aryl methyl sites for hydroxylation is 2. The van der Waals surface area contributed by atoms with Crippen LogP contribution in [0.15, 0.2) is 42.5 Å². The monoisotopic (exact) mass is 304 g/mol. The van der Waals surface area contributed by atoms with Gasteiger partial charge in [-0.25, -0.2) is 4.79 Å². The molecule has 0 fully saturated rings. The van der Waals surface area contributed by atoms with E-state index in [2.05, 4.69) is 0 Å². The first kappa shape index (κ1) is 15.4. The van der Waals surface area contributed by atoms with Crippen molar-refractivity contribution in [2.75, 3.05) is 6.61 Å². The van der Waals surface area contributed by atoms with E-state index in [1.807, 2.05) is 38.1 Å². The van der Waals surface area contributed by atoms with Crippen molar-refractivity contribution in [1.82, 2.24) is 0 Å². The molecule has 0 saturated carbocycles. The summed E-state index contributed by atoms with van der Waals surface area (Å²) in [6.07, 6.45) is 0.849. The Hall–Kier alpha value is -2.00. The predicted molar refractivity (Wildman–Crippen MR) is 83.1 cm³/mol. The van der Waals surface area contributed by atoms with E-state index in [0.717, 1.165) is 17.5 Å². The van der Waals surface area contributed by atoms with E-state index in [0.29, 0.717) is 16.5 Å². The molecule has 0 amide bonds. The molecule has 4 heteroatoms. The molecule has 0 spiro atoms. The van der Waals surface area contributed by atoms with Crippen molar-refractivity contribution in [3.63, 3.8) is 0 Å². The van der Waals surface area contributed by atoms with Gasteiger partial charge in [-0.1, -0.05) is 36.7 Å². The first-order chi connectivity index (χ1) is 10.1. The van der Waals surface area contributed by atoms with Crippen LogP contribution in [0.4, 0.5) is 0 Å². The average Bonchev–Trinajstić information content (AvgIpc) is 2.48. The number of halogens is 1. The van der Waals surface area contributed by atoms with Crippen molar-refractivity contribution in [2.45, 2.75) is 20.3 Å².